The Balaban J connectivity index is 1.57. The van der Waals surface area contributed by atoms with E-state index in [0.29, 0.717) is 23.6 Å². The fourth-order valence-electron chi connectivity index (χ4n) is 4.19. The minimum absolute atomic E-state index is 0.0648. The van der Waals surface area contributed by atoms with Gasteiger partial charge in [-0.1, -0.05) is 0 Å². The number of benzene rings is 2. The lowest BCUT2D eigenvalue weighted by Gasteiger charge is -2.36. The molecule has 32 heavy (non-hydrogen) atoms. The Morgan fingerprint density at radius 2 is 1.94 bits per heavy atom. The van der Waals surface area contributed by atoms with Crippen LogP contribution in [0, 0.1) is 0 Å². The van der Waals surface area contributed by atoms with Crippen LogP contribution in [0.2, 0.25) is 0 Å². The van der Waals surface area contributed by atoms with E-state index in [0.717, 1.165) is 5.56 Å². The Kier molecular flexibility index (Phi) is 6.27. The van der Waals surface area contributed by atoms with Crippen LogP contribution in [-0.2, 0) is 24.3 Å². The maximum atomic E-state index is 12.8. The van der Waals surface area contributed by atoms with E-state index in [2.05, 4.69) is 4.72 Å². The van der Waals surface area contributed by atoms with E-state index in [9.17, 15) is 18.3 Å². The van der Waals surface area contributed by atoms with Crippen molar-refractivity contribution in [2.75, 3.05) is 25.5 Å². The molecule has 0 bridgehead atoms. The number of aliphatic hydroxyl groups excluding tert-OH is 1. The summed E-state index contributed by atoms with van der Waals surface area (Å²) in [6.07, 6.45) is -0.907. The Hall–Kier alpha value is -2.82. The molecule has 2 aliphatic rings. The van der Waals surface area contributed by atoms with Gasteiger partial charge in [-0.15, -0.1) is 0 Å². The van der Waals surface area contributed by atoms with Crippen molar-refractivity contribution in [3.8, 4) is 11.5 Å². The van der Waals surface area contributed by atoms with Gasteiger partial charge in [-0.3, -0.25) is 9.52 Å². The lowest BCUT2D eigenvalue weighted by Crippen LogP contribution is -2.46. The average Bonchev–Trinajstić information content (AvgIpc) is 3.16. The van der Waals surface area contributed by atoms with Crippen LogP contribution in [0.15, 0.2) is 47.4 Å². The Morgan fingerprint density at radius 3 is 2.59 bits per heavy atom. The number of esters is 1. The molecule has 10 heteroatoms. The highest BCUT2D eigenvalue weighted by molar-refractivity contribution is 7.92. The Labute approximate surface area is 186 Å². The van der Waals surface area contributed by atoms with Crippen LogP contribution >= 0.6 is 0 Å². The fourth-order valence-corrected chi connectivity index (χ4v) is 5.24. The Morgan fingerprint density at radius 1 is 1.19 bits per heavy atom. The highest BCUT2D eigenvalue weighted by Gasteiger charge is 2.46. The van der Waals surface area contributed by atoms with Gasteiger partial charge in [0, 0.05) is 17.2 Å². The Bertz CT molecular complexity index is 1090. The van der Waals surface area contributed by atoms with Crippen molar-refractivity contribution in [1.82, 2.24) is 0 Å². The molecule has 9 nitrogen and oxygen atoms in total. The molecule has 172 valence electrons. The van der Waals surface area contributed by atoms with E-state index in [1.165, 1.54) is 26.4 Å². The van der Waals surface area contributed by atoms with Crippen LogP contribution < -0.4 is 14.2 Å². The highest BCUT2D eigenvalue weighted by Crippen LogP contribution is 2.47. The number of aliphatic hydroxyl groups is 1. The second-order valence-corrected chi connectivity index (χ2v) is 9.40. The smallest absolute Gasteiger partial charge is 0.308 e. The lowest BCUT2D eigenvalue weighted by atomic mass is 9.84. The van der Waals surface area contributed by atoms with Crippen LogP contribution in [0.5, 0.6) is 11.5 Å². The van der Waals surface area contributed by atoms with Gasteiger partial charge in [0.25, 0.3) is 10.0 Å². The van der Waals surface area contributed by atoms with Crippen LogP contribution in [0.1, 0.15) is 24.3 Å². The van der Waals surface area contributed by atoms with E-state index < -0.39 is 34.3 Å². The lowest BCUT2D eigenvalue weighted by molar-refractivity contribution is -0.156. The van der Waals surface area contributed by atoms with Gasteiger partial charge in [0.2, 0.25) is 0 Å². The summed E-state index contributed by atoms with van der Waals surface area (Å²) in [5.41, 5.74) is 1.20. The zero-order chi connectivity index (χ0) is 22.9. The first kappa shape index (κ1) is 22.4. The summed E-state index contributed by atoms with van der Waals surface area (Å²) in [5, 5.41) is 9.78. The molecule has 4 rings (SSSR count). The van der Waals surface area contributed by atoms with Crippen LogP contribution in [0.25, 0.3) is 0 Å². The number of hydrogen-bond donors (Lipinski definition) is 2. The number of rotatable bonds is 7. The molecule has 0 spiro atoms. The van der Waals surface area contributed by atoms with Gasteiger partial charge in [-0.05, 0) is 48.9 Å². The molecule has 1 saturated heterocycles. The highest BCUT2D eigenvalue weighted by atomic mass is 32.2. The second-order valence-electron chi connectivity index (χ2n) is 7.72. The summed E-state index contributed by atoms with van der Waals surface area (Å²) in [7, 11) is -0.982. The minimum atomic E-state index is -3.80. The number of sulfonamides is 1. The van der Waals surface area contributed by atoms with Crippen molar-refractivity contribution in [1.29, 1.82) is 0 Å². The molecular weight excluding hydrogens is 438 g/mol. The quantitative estimate of drug-likeness (QED) is 0.599. The molecule has 2 aliphatic heterocycles. The molecule has 0 amide bonds. The first-order valence-electron chi connectivity index (χ1n) is 10.1. The summed E-state index contributed by atoms with van der Waals surface area (Å²) >= 11 is 0. The van der Waals surface area contributed by atoms with E-state index >= 15 is 0 Å². The molecule has 2 aromatic carbocycles. The number of hydrogen-bond acceptors (Lipinski definition) is 8. The molecule has 2 N–H and O–H groups in total. The van der Waals surface area contributed by atoms with Gasteiger partial charge >= 0.3 is 5.97 Å². The molecule has 4 atom stereocenters. The third-order valence-corrected chi connectivity index (χ3v) is 7.14. The summed E-state index contributed by atoms with van der Waals surface area (Å²) < 4.78 is 49.8. The summed E-state index contributed by atoms with van der Waals surface area (Å²) in [4.78, 5) is 11.8. The molecular formula is C22H25NO8S. The maximum absolute atomic E-state index is 12.8. The zero-order valence-electron chi connectivity index (χ0n) is 17.7. The first-order chi connectivity index (χ1) is 15.3. The number of anilines is 1. The SMILES string of the molecule is COC(=O)C[C@H]1C[C@H]2c3cc(NS(=O)(=O)c4ccc(OC)cc4)ccc3O[C@H]2[C@H](CO)O1. The summed E-state index contributed by atoms with van der Waals surface area (Å²) in [6.45, 7) is -0.260. The minimum Gasteiger partial charge on any atom is -0.497 e. The van der Waals surface area contributed by atoms with E-state index in [4.69, 9.17) is 18.9 Å². The second kappa shape index (κ2) is 8.97. The van der Waals surface area contributed by atoms with Crippen molar-refractivity contribution in [3.63, 3.8) is 0 Å². The standard InChI is InChI=1S/C22H25NO8S/c1-28-14-4-6-16(7-5-14)32(26,27)23-13-3-8-19-17(9-13)18-10-15(11-21(25)29-2)30-20(12-24)22(18)31-19/h3-9,15,18,20,22-24H,10-12H2,1-2H3/t15-,18+,20+,22-/m1/s1. The van der Waals surface area contributed by atoms with Gasteiger partial charge in [-0.2, -0.15) is 0 Å². The van der Waals surface area contributed by atoms with Crippen molar-refractivity contribution in [3.05, 3.63) is 48.0 Å². The number of fused-ring (bicyclic) bond motifs is 3. The van der Waals surface area contributed by atoms with Crippen molar-refractivity contribution < 1.29 is 37.3 Å². The molecule has 2 heterocycles. The van der Waals surface area contributed by atoms with Crippen molar-refractivity contribution in [2.24, 2.45) is 0 Å². The molecule has 0 radical (unpaired) electrons. The number of methoxy groups -OCH3 is 2. The predicted molar refractivity (Wildman–Crippen MR) is 114 cm³/mol. The zero-order valence-corrected chi connectivity index (χ0v) is 18.5. The monoisotopic (exact) mass is 463 g/mol. The first-order valence-corrected chi connectivity index (χ1v) is 11.6. The fraction of sp³-hybridized carbons (Fsp3) is 0.409. The number of carbonyl (C=O) groups excluding carboxylic acids is 1. The van der Waals surface area contributed by atoms with E-state index in [1.807, 2.05) is 0 Å². The molecule has 0 unspecified atom stereocenters. The molecule has 0 saturated carbocycles. The normalized spacial score (nSPS) is 24.1. The van der Waals surface area contributed by atoms with Gasteiger partial charge in [0.15, 0.2) is 0 Å². The van der Waals surface area contributed by atoms with Gasteiger partial charge in [0.1, 0.15) is 23.7 Å². The largest absolute Gasteiger partial charge is 0.497 e. The predicted octanol–water partition coefficient (Wildman–Crippen LogP) is 2.05. The van der Waals surface area contributed by atoms with Gasteiger partial charge in [0.05, 0.1) is 38.2 Å². The number of ether oxygens (including phenoxy) is 4. The third kappa shape index (κ3) is 4.38. The molecule has 0 aliphatic carbocycles. The van der Waals surface area contributed by atoms with E-state index in [1.54, 1.807) is 30.3 Å². The number of nitrogens with one attached hydrogen (secondary N) is 1. The summed E-state index contributed by atoms with van der Waals surface area (Å²) in [5.74, 6) is 0.610. The molecule has 2 aromatic rings. The van der Waals surface area contributed by atoms with E-state index in [-0.39, 0.29) is 23.8 Å². The average molecular weight is 464 g/mol. The topological polar surface area (TPSA) is 120 Å². The van der Waals surface area contributed by atoms with Crippen LogP contribution in [0.3, 0.4) is 0 Å². The van der Waals surface area contributed by atoms with Crippen LogP contribution in [-0.4, -0.2) is 58.6 Å². The van der Waals surface area contributed by atoms with Gasteiger partial charge in [-0.25, -0.2) is 8.42 Å². The third-order valence-electron chi connectivity index (χ3n) is 5.74. The van der Waals surface area contributed by atoms with Gasteiger partial charge < -0.3 is 24.1 Å². The number of carbonyl (C=O) groups is 1. The van der Waals surface area contributed by atoms with Crippen molar-refractivity contribution >= 4 is 21.7 Å². The van der Waals surface area contributed by atoms with Crippen LogP contribution in [0.4, 0.5) is 5.69 Å². The molecule has 1 fully saturated rings. The molecule has 0 aromatic heterocycles. The summed E-state index contributed by atoms with van der Waals surface area (Å²) in [6, 6.07) is 11.1. The maximum Gasteiger partial charge on any atom is 0.308 e. The van der Waals surface area contributed by atoms with Crippen molar-refractivity contribution in [2.45, 2.75) is 42.0 Å².